The van der Waals surface area contributed by atoms with Gasteiger partial charge in [0.2, 0.25) is 5.91 Å². The normalized spacial score (nSPS) is 23.6. The number of hydrogen-bond acceptors (Lipinski definition) is 4. The van der Waals surface area contributed by atoms with Crippen molar-refractivity contribution in [3.05, 3.63) is 29.6 Å². The van der Waals surface area contributed by atoms with Crippen molar-refractivity contribution >= 4 is 5.91 Å². The van der Waals surface area contributed by atoms with Gasteiger partial charge in [0, 0.05) is 13.6 Å². The summed E-state index contributed by atoms with van der Waals surface area (Å²) in [7, 11) is 5.00. The van der Waals surface area contributed by atoms with Crippen molar-refractivity contribution < 1.29 is 13.9 Å². The van der Waals surface area contributed by atoms with Gasteiger partial charge in [0.25, 0.3) is 0 Å². The minimum Gasteiger partial charge on any atom is -0.494 e. The maximum atomic E-state index is 13.9. The zero-order chi connectivity index (χ0) is 20.2. The van der Waals surface area contributed by atoms with Gasteiger partial charge in [-0.05, 0) is 63.3 Å². The second-order valence-corrected chi connectivity index (χ2v) is 7.78. The van der Waals surface area contributed by atoms with Crippen LogP contribution in [-0.4, -0.2) is 48.5 Å². The molecule has 27 heavy (non-hydrogen) atoms. The van der Waals surface area contributed by atoms with Crippen molar-refractivity contribution in [1.29, 1.82) is 5.26 Å². The fourth-order valence-electron chi connectivity index (χ4n) is 3.67. The van der Waals surface area contributed by atoms with Gasteiger partial charge in [0.05, 0.1) is 19.2 Å². The summed E-state index contributed by atoms with van der Waals surface area (Å²) in [5, 5.41) is 9.77. The highest BCUT2D eigenvalue weighted by atomic mass is 19.1. The van der Waals surface area contributed by atoms with Crippen LogP contribution in [0.1, 0.15) is 45.1 Å². The van der Waals surface area contributed by atoms with Crippen molar-refractivity contribution in [3.8, 4) is 11.8 Å². The molecule has 0 aliphatic heterocycles. The van der Waals surface area contributed by atoms with Crippen LogP contribution in [0.15, 0.2) is 18.2 Å². The average molecular weight is 375 g/mol. The van der Waals surface area contributed by atoms with Gasteiger partial charge in [-0.15, -0.1) is 0 Å². The van der Waals surface area contributed by atoms with Crippen molar-refractivity contribution in [2.75, 3.05) is 21.2 Å². The number of rotatable bonds is 6. The molecular formula is C21H30FN3O2. The molecule has 1 aliphatic rings. The third-order valence-corrected chi connectivity index (χ3v) is 5.95. The van der Waals surface area contributed by atoms with E-state index in [1.54, 1.807) is 24.1 Å². The second kappa shape index (κ2) is 8.71. The van der Waals surface area contributed by atoms with Crippen molar-refractivity contribution in [1.82, 2.24) is 9.80 Å². The molecule has 148 valence electrons. The SMILES string of the molecule is COc1ccc(CN(C)C(C)C(=O)N(C)C2(C#N)CCC(C)CC2)cc1F. The molecule has 1 saturated carbocycles. The number of nitrogens with zero attached hydrogens (tertiary/aromatic N) is 3. The van der Waals surface area contributed by atoms with Crippen LogP contribution in [0.25, 0.3) is 0 Å². The molecule has 5 nitrogen and oxygen atoms in total. The molecule has 0 radical (unpaired) electrons. The monoisotopic (exact) mass is 375 g/mol. The minimum atomic E-state index is -0.717. The maximum absolute atomic E-state index is 13.9. The zero-order valence-corrected chi connectivity index (χ0v) is 17.0. The molecule has 1 aromatic carbocycles. The highest BCUT2D eigenvalue weighted by Gasteiger charge is 2.41. The van der Waals surface area contributed by atoms with Crippen molar-refractivity contribution in [2.45, 2.75) is 57.7 Å². The van der Waals surface area contributed by atoms with Gasteiger partial charge in [-0.25, -0.2) is 4.39 Å². The first-order valence-electron chi connectivity index (χ1n) is 9.45. The lowest BCUT2D eigenvalue weighted by Gasteiger charge is -2.42. The first-order valence-corrected chi connectivity index (χ1v) is 9.45. The van der Waals surface area contributed by atoms with Crippen molar-refractivity contribution in [3.63, 3.8) is 0 Å². The Labute approximate surface area is 161 Å². The smallest absolute Gasteiger partial charge is 0.240 e. The molecule has 1 unspecified atom stereocenters. The molecule has 0 bridgehead atoms. The van der Waals surface area contributed by atoms with E-state index in [1.807, 2.05) is 18.9 Å². The molecule has 1 atom stereocenters. The predicted octanol–water partition coefficient (Wildman–Crippen LogP) is 3.59. The lowest BCUT2D eigenvalue weighted by molar-refractivity contribution is -0.140. The Morgan fingerprint density at radius 2 is 2.04 bits per heavy atom. The average Bonchev–Trinajstić information content (AvgIpc) is 2.67. The van der Waals surface area contributed by atoms with Gasteiger partial charge in [-0.2, -0.15) is 5.26 Å². The Bertz CT molecular complexity index is 708. The number of nitriles is 1. The Morgan fingerprint density at radius 3 is 2.56 bits per heavy atom. The molecule has 0 saturated heterocycles. The van der Waals surface area contributed by atoms with Crippen LogP contribution in [0.4, 0.5) is 4.39 Å². The number of carbonyl (C=O) groups excluding carboxylic acids is 1. The number of methoxy groups -OCH3 is 1. The lowest BCUT2D eigenvalue weighted by atomic mass is 9.77. The van der Waals surface area contributed by atoms with Crippen LogP contribution in [0, 0.1) is 23.1 Å². The highest BCUT2D eigenvalue weighted by Crippen LogP contribution is 2.36. The van der Waals surface area contributed by atoms with E-state index in [1.165, 1.54) is 13.2 Å². The number of amides is 1. The molecule has 0 aromatic heterocycles. The summed E-state index contributed by atoms with van der Waals surface area (Å²) < 4.78 is 18.8. The number of benzene rings is 1. The van der Waals surface area contributed by atoms with Gasteiger partial charge < -0.3 is 9.64 Å². The molecule has 1 fully saturated rings. The van der Waals surface area contributed by atoms with Gasteiger partial charge >= 0.3 is 0 Å². The molecule has 1 aliphatic carbocycles. The number of likely N-dealkylation sites (N-methyl/N-ethyl adjacent to an activating group) is 2. The number of carbonyl (C=O) groups is 1. The summed E-state index contributed by atoms with van der Waals surface area (Å²) >= 11 is 0. The van der Waals surface area contributed by atoms with E-state index in [0.29, 0.717) is 25.3 Å². The summed E-state index contributed by atoms with van der Waals surface area (Å²) in [6.07, 6.45) is 3.35. The Hall–Kier alpha value is -2.13. The Kier molecular flexibility index (Phi) is 6.83. The summed E-state index contributed by atoms with van der Waals surface area (Å²) in [4.78, 5) is 16.5. The summed E-state index contributed by atoms with van der Waals surface area (Å²) in [5.74, 6) is 0.301. The van der Waals surface area contributed by atoms with Crippen molar-refractivity contribution in [2.24, 2.45) is 5.92 Å². The van der Waals surface area contributed by atoms with E-state index in [4.69, 9.17) is 4.74 Å². The molecule has 0 heterocycles. The molecule has 1 aromatic rings. The largest absolute Gasteiger partial charge is 0.494 e. The van der Waals surface area contributed by atoms with Gasteiger partial charge in [0.15, 0.2) is 11.6 Å². The van der Waals surface area contributed by atoms with E-state index >= 15 is 0 Å². The fraction of sp³-hybridized carbons (Fsp3) is 0.619. The zero-order valence-electron chi connectivity index (χ0n) is 17.0. The molecule has 6 heteroatoms. The standard InChI is InChI=1S/C21H30FN3O2/c1-15-8-10-21(14-23,11-9-15)25(4)20(26)16(2)24(3)13-17-6-7-19(27-5)18(22)12-17/h6-7,12,15-16H,8-11,13H2,1-5H3. The topological polar surface area (TPSA) is 56.6 Å². The predicted molar refractivity (Wildman–Crippen MR) is 103 cm³/mol. The van der Waals surface area contributed by atoms with Crippen LogP contribution in [0.5, 0.6) is 5.75 Å². The van der Waals surface area contributed by atoms with Crippen LogP contribution in [0.3, 0.4) is 0 Å². The fourth-order valence-corrected chi connectivity index (χ4v) is 3.67. The van der Waals surface area contributed by atoms with Gasteiger partial charge in [-0.3, -0.25) is 9.69 Å². The quantitative estimate of drug-likeness (QED) is 0.762. The van der Waals surface area contributed by atoms with Crippen LogP contribution < -0.4 is 4.74 Å². The summed E-state index contributed by atoms with van der Waals surface area (Å²) in [5.41, 5.74) is 0.0462. The minimum absolute atomic E-state index is 0.0809. The van der Waals surface area contributed by atoms with Crippen LogP contribution >= 0.6 is 0 Å². The first kappa shape index (κ1) is 21.2. The Balaban J connectivity index is 2.06. The van der Waals surface area contributed by atoms with Gasteiger partial charge in [0.1, 0.15) is 5.54 Å². The third-order valence-electron chi connectivity index (χ3n) is 5.95. The highest BCUT2D eigenvalue weighted by molar-refractivity contribution is 5.82. The van der Waals surface area contributed by atoms with E-state index in [-0.39, 0.29) is 11.7 Å². The van der Waals surface area contributed by atoms with Crippen LogP contribution in [0.2, 0.25) is 0 Å². The number of ether oxygens (including phenoxy) is 1. The third kappa shape index (κ3) is 4.59. The molecule has 0 spiro atoms. The molecular weight excluding hydrogens is 345 g/mol. The summed E-state index contributed by atoms with van der Waals surface area (Å²) in [6.45, 7) is 4.45. The summed E-state index contributed by atoms with van der Waals surface area (Å²) in [6, 6.07) is 6.80. The Morgan fingerprint density at radius 1 is 1.41 bits per heavy atom. The first-order chi connectivity index (χ1) is 12.7. The lowest BCUT2D eigenvalue weighted by Crippen LogP contribution is -2.55. The van der Waals surface area contributed by atoms with E-state index in [0.717, 1.165) is 18.4 Å². The van der Waals surface area contributed by atoms with Gasteiger partial charge in [-0.1, -0.05) is 13.0 Å². The number of hydrogen-bond donors (Lipinski definition) is 0. The molecule has 2 rings (SSSR count). The molecule has 0 N–H and O–H groups in total. The van der Waals surface area contributed by atoms with Crippen LogP contribution in [-0.2, 0) is 11.3 Å². The molecule has 1 amide bonds. The number of halogens is 1. The van der Waals surface area contributed by atoms with E-state index < -0.39 is 17.4 Å². The maximum Gasteiger partial charge on any atom is 0.240 e. The second-order valence-electron chi connectivity index (χ2n) is 7.78. The van der Waals surface area contributed by atoms with E-state index in [2.05, 4.69) is 13.0 Å². The van der Waals surface area contributed by atoms with E-state index in [9.17, 15) is 14.4 Å².